The Bertz CT molecular complexity index is 3100. The predicted molar refractivity (Wildman–Crippen MR) is 239 cm³/mol. The molecule has 5 heterocycles. The summed E-state index contributed by atoms with van der Waals surface area (Å²) in [5.41, 5.74) is 20.2. The van der Waals surface area contributed by atoms with E-state index in [4.69, 9.17) is 0 Å². The molecule has 0 unspecified atom stereocenters. The van der Waals surface area contributed by atoms with Gasteiger partial charge in [0.05, 0.1) is 22.7 Å². The maximum Gasteiger partial charge on any atom is 0.255 e. The van der Waals surface area contributed by atoms with Crippen molar-refractivity contribution in [2.45, 2.75) is 50.1 Å². The van der Waals surface area contributed by atoms with Crippen molar-refractivity contribution in [1.29, 1.82) is 0 Å². The van der Waals surface area contributed by atoms with E-state index in [1.165, 1.54) is 121 Å². The molecule has 4 nitrogen and oxygen atoms in total. The van der Waals surface area contributed by atoms with Gasteiger partial charge in [-0.15, -0.1) is 0 Å². The van der Waals surface area contributed by atoms with Gasteiger partial charge in [-0.2, -0.15) is 0 Å². The van der Waals surface area contributed by atoms with E-state index < -0.39 is 0 Å². The standard InChI is InChI=1S/C50H37BN4S/c1-28-14-18-31(19-15-28)52-33-24-43-47-45(25-33)56-44-13-9-12-41-46(44)51(47)48-40(22-23-42-49(48)55(41)50(4,5)54(42)32-10-7-6-8-11-32)53(43)39-21-17-30(3)35-26-34-29(2)16-20-38(52)36(34)27-37(35)39/h6-27H,1-5H3. The molecule has 0 saturated carbocycles. The molecule has 6 heteroatoms. The number of benzene rings is 8. The van der Waals surface area contributed by atoms with Crippen molar-refractivity contribution in [3.63, 3.8) is 0 Å². The fraction of sp³-hybridized carbons (Fsp3) is 0.120. The Morgan fingerprint density at radius 3 is 1.86 bits per heavy atom. The van der Waals surface area contributed by atoms with Crippen LogP contribution in [0.25, 0.3) is 21.5 Å². The normalized spacial score (nSPS) is 15.8. The second-order valence-corrected chi connectivity index (χ2v) is 17.8. The van der Waals surface area contributed by atoms with Crippen molar-refractivity contribution in [2.75, 3.05) is 19.6 Å². The Labute approximate surface area is 331 Å². The average molecular weight is 737 g/mol. The van der Waals surface area contributed by atoms with Crippen LogP contribution in [0.3, 0.4) is 0 Å². The molecular weight excluding hydrogens is 699 g/mol. The number of aryl methyl sites for hydroxylation is 3. The SMILES string of the molecule is Cc1ccc(N2c3cc4c5c(c3)N(c3ccc6c7c3B5c3c(cccc3N7C(C)(C)N6c3ccccc3)S4)c3ccc(C)c4cc5c(C)ccc2c5cc34)cc1. The van der Waals surface area contributed by atoms with E-state index in [-0.39, 0.29) is 12.4 Å². The minimum absolute atomic E-state index is 0.111. The van der Waals surface area contributed by atoms with Crippen LogP contribution in [0.2, 0.25) is 0 Å². The van der Waals surface area contributed by atoms with Gasteiger partial charge in [-0.05, 0) is 158 Å². The molecule has 0 atom stereocenters. The van der Waals surface area contributed by atoms with Crippen LogP contribution in [-0.2, 0) is 0 Å². The van der Waals surface area contributed by atoms with Gasteiger partial charge in [-0.3, -0.25) is 0 Å². The molecule has 266 valence electrons. The molecule has 8 aromatic carbocycles. The zero-order valence-corrected chi connectivity index (χ0v) is 32.8. The molecule has 13 rings (SSSR count). The largest absolute Gasteiger partial charge is 0.317 e. The number of nitrogens with zero attached hydrogens (tertiary/aromatic N) is 4. The zero-order valence-electron chi connectivity index (χ0n) is 32.0. The van der Waals surface area contributed by atoms with Crippen LogP contribution in [0.5, 0.6) is 0 Å². The van der Waals surface area contributed by atoms with Crippen LogP contribution in [0.1, 0.15) is 30.5 Å². The number of para-hydroxylation sites is 1. The summed E-state index contributed by atoms with van der Waals surface area (Å²) >= 11 is 1.95. The minimum atomic E-state index is -0.349. The second kappa shape index (κ2) is 10.4. The van der Waals surface area contributed by atoms with Crippen LogP contribution in [0, 0.1) is 20.8 Å². The highest BCUT2D eigenvalue weighted by molar-refractivity contribution is 8.00. The molecule has 0 spiro atoms. The van der Waals surface area contributed by atoms with E-state index in [1.54, 1.807) is 0 Å². The van der Waals surface area contributed by atoms with Crippen LogP contribution in [-0.4, -0.2) is 12.4 Å². The summed E-state index contributed by atoms with van der Waals surface area (Å²) in [5, 5.41) is 5.15. The Morgan fingerprint density at radius 2 is 1.11 bits per heavy atom. The van der Waals surface area contributed by atoms with Gasteiger partial charge in [0.1, 0.15) is 5.66 Å². The maximum atomic E-state index is 2.66. The Hall–Kier alpha value is -6.11. The van der Waals surface area contributed by atoms with Crippen molar-refractivity contribution >= 4 is 113 Å². The van der Waals surface area contributed by atoms with Gasteiger partial charge in [-0.1, -0.05) is 65.9 Å². The van der Waals surface area contributed by atoms with Crippen molar-refractivity contribution < 1.29 is 0 Å². The van der Waals surface area contributed by atoms with Crippen molar-refractivity contribution in [3.8, 4) is 0 Å². The lowest BCUT2D eigenvalue weighted by atomic mass is 9.33. The number of hydrogen-bond acceptors (Lipinski definition) is 5. The summed E-state index contributed by atoms with van der Waals surface area (Å²) in [6, 6.07) is 51.2. The molecule has 0 N–H and O–H groups in total. The molecule has 0 aromatic heterocycles. The highest BCUT2D eigenvalue weighted by Gasteiger charge is 2.55. The smallest absolute Gasteiger partial charge is 0.255 e. The zero-order chi connectivity index (χ0) is 37.4. The van der Waals surface area contributed by atoms with Gasteiger partial charge in [0.25, 0.3) is 6.71 Å². The third-order valence-electron chi connectivity index (χ3n) is 13.3. The predicted octanol–water partition coefficient (Wildman–Crippen LogP) is 11.8. The van der Waals surface area contributed by atoms with Crippen LogP contribution in [0.4, 0.5) is 56.9 Å². The monoisotopic (exact) mass is 736 g/mol. The van der Waals surface area contributed by atoms with Gasteiger partial charge in [-0.25, -0.2) is 0 Å². The number of rotatable bonds is 2. The molecule has 0 saturated heterocycles. The van der Waals surface area contributed by atoms with Crippen LogP contribution >= 0.6 is 11.8 Å². The molecule has 4 bridgehead atoms. The van der Waals surface area contributed by atoms with E-state index in [1.807, 2.05) is 11.8 Å². The summed E-state index contributed by atoms with van der Waals surface area (Å²) < 4.78 is 0. The van der Waals surface area contributed by atoms with Crippen LogP contribution in [0.15, 0.2) is 143 Å². The minimum Gasteiger partial charge on any atom is -0.317 e. The van der Waals surface area contributed by atoms with Gasteiger partial charge in [0, 0.05) is 54.7 Å². The van der Waals surface area contributed by atoms with Gasteiger partial charge in [0.15, 0.2) is 0 Å². The lowest BCUT2D eigenvalue weighted by Crippen LogP contribution is -2.65. The van der Waals surface area contributed by atoms with Crippen molar-refractivity contribution in [1.82, 2.24) is 0 Å². The van der Waals surface area contributed by atoms with Gasteiger partial charge >= 0.3 is 0 Å². The highest BCUT2D eigenvalue weighted by Crippen LogP contribution is 2.58. The lowest BCUT2D eigenvalue weighted by molar-refractivity contribution is 0.540. The van der Waals surface area contributed by atoms with E-state index in [9.17, 15) is 0 Å². The Morgan fingerprint density at radius 1 is 0.446 bits per heavy atom. The van der Waals surface area contributed by atoms with Gasteiger partial charge in [0.2, 0.25) is 0 Å². The van der Waals surface area contributed by atoms with E-state index >= 15 is 0 Å². The fourth-order valence-corrected chi connectivity index (χ4v) is 12.1. The van der Waals surface area contributed by atoms with E-state index in [0.29, 0.717) is 0 Å². The van der Waals surface area contributed by atoms with E-state index in [2.05, 4.69) is 188 Å². The topological polar surface area (TPSA) is 13.0 Å². The first-order valence-electron chi connectivity index (χ1n) is 19.7. The molecule has 0 radical (unpaired) electrons. The maximum absolute atomic E-state index is 2.66. The third kappa shape index (κ3) is 3.69. The van der Waals surface area contributed by atoms with E-state index in [0.717, 1.165) is 0 Å². The summed E-state index contributed by atoms with van der Waals surface area (Å²) in [5.74, 6) is 0. The highest BCUT2D eigenvalue weighted by atomic mass is 32.2. The van der Waals surface area contributed by atoms with Gasteiger partial charge < -0.3 is 19.6 Å². The first kappa shape index (κ1) is 31.1. The molecular formula is C50H37BN4S. The first-order valence-corrected chi connectivity index (χ1v) is 20.5. The molecule has 0 fully saturated rings. The van der Waals surface area contributed by atoms with Crippen LogP contribution < -0.4 is 36.0 Å². The fourth-order valence-electron chi connectivity index (χ4n) is 10.9. The summed E-state index contributed by atoms with van der Waals surface area (Å²) in [6.45, 7) is 11.6. The molecule has 8 aromatic rings. The average Bonchev–Trinajstić information content (AvgIpc) is 3.45. The summed E-state index contributed by atoms with van der Waals surface area (Å²) in [7, 11) is 0. The third-order valence-corrected chi connectivity index (χ3v) is 14.4. The number of hydrogen-bond donors (Lipinski definition) is 0. The lowest BCUT2D eigenvalue weighted by Gasteiger charge is -2.48. The molecule has 0 amide bonds. The second-order valence-electron chi connectivity index (χ2n) is 16.7. The number of fused-ring (bicyclic) bond motifs is 4. The van der Waals surface area contributed by atoms with Crippen molar-refractivity contribution in [2.24, 2.45) is 0 Å². The van der Waals surface area contributed by atoms with Crippen molar-refractivity contribution in [3.05, 3.63) is 150 Å². The molecule has 56 heavy (non-hydrogen) atoms. The molecule has 5 aliphatic rings. The molecule has 0 aliphatic carbocycles. The Balaban J connectivity index is 1.21. The quantitative estimate of drug-likeness (QED) is 0.129. The molecule has 5 aliphatic heterocycles. The Kier molecular flexibility index (Phi) is 5.78. The summed E-state index contributed by atoms with van der Waals surface area (Å²) in [6.07, 6.45) is 0. The number of anilines is 10. The summed E-state index contributed by atoms with van der Waals surface area (Å²) in [4.78, 5) is 13.0. The first-order chi connectivity index (χ1) is 27.3.